The summed E-state index contributed by atoms with van der Waals surface area (Å²) in [6, 6.07) is 0.454. The van der Waals surface area contributed by atoms with Crippen molar-refractivity contribution in [2.45, 2.75) is 63.5 Å². The van der Waals surface area contributed by atoms with Gasteiger partial charge in [-0.05, 0) is 71.1 Å². The number of likely N-dealkylation sites (N-methyl/N-ethyl adjacent to an activating group) is 1. The second-order valence-electron chi connectivity index (χ2n) is 7.34. The summed E-state index contributed by atoms with van der Waals surface area (Å²) < 4.78 is 5.12. The van der Waals surface area contributed by atoms with Gasteiger partial charge in [-0.3, -0.25) is 4.90 Å². The quantitative estimate of drug-likeness (QED) is 0.746. The van der Waals surface area contributed by atoms with Crippen molar-refractivity contribution >= 4 is 0 Å². The highest BCUT2D eigenvalue weighted by atomic mass is 16.5. The lowest BCUT2D eigenvalue weighted by Crippen LogP contribution is -2.48. The zero-order chi connectivity index (χ0) is 15.8. The number of aliphatic hydroxyl groups is 1. The summed E-state index contributed by atoms with van der Waals surface area (Å²) in [6.07, 6.45) is 9.97. The van der Waals surface area contributed by atoms with Gasteiger partial charge in [-0.25, -0.2) is 0 Å². The van der Waals surface area contributed by atoms with Gasteiger partial charge >= 0.3 is 0 Å². The molecule has 2 atom stereocenters. The van der Waals surface area contributed by atoms with Crippen LogP contribution in [0.2, 0.25) is 0 Å². The molecule has 0 aromatic heterocycles. The van der Waals surface area contributed by atoms with E-state index in [0.717, 1.165) is 25.5 Å². The van der Waals surface area contributed by atoms with Crippen molar-refractivity contribution in [1.29, 1.82) is 0 Å². The van der Waals surface area contributed by atoms with E-state index in [1.807, 2.05) is 0 Å². The summed E-state index contributed by atoms with van der Waals surface area (Å²) in [5.41, 5.74) is 0. The van der Waals surface area contributed by atoms with Crippen molar-refractivity contribution in [2.24, 2.45) is 5.92 Å². The first-order chi connectivity index (χ1) is 10.7. The standard InChI is InChI=1S/C18H36N2O2/c1-19(14-15-22-2)11-5-6-16-9-12-20(13-10-16)17-7-3-4-8-18(17)21/h16-18,21H,3-15H2,1-2H3. The molecule has 1 heterocycles. The Labute approximate surface area is 136 Å². The monoisotopic (exact) mass is 312 g/mol. The van der Waals surface area contributed by atoms with Crippen LogP contribution in [0.5, 0.6) is 0 Å². The average molecular weight is 312 g/mol. The van der Waals surface area contributed by atoms with Crippen molar-refractivity contribution in [3.63, 3.8) is 0 Å². The highest BCUT2D eigenvalue weighted by Crippen LogP contribution is 2.29. The minimum atomic E-state index is -0.0697. The van der Waals surface area contributed by atoms with E-state index in [-0.39, 0.29) is 6.10 Å². The molecule has 0 aromatic rings. The summed E-state index contributed by atoms with van der Waals surface area (Å²) in [6.45, 7) is 5.45. The van der Waals surface area contributed by atoms with E-state index in [1.165, 1.54) is 64.6 Å². The van der Waals surface area contributed by atoms with Gasteiger partial charge < -0.3 is 14.7 Å². The van der Waals surface area contributed by atoms with Gasteiger partial charge in [0.2, 0.25) is 0 Å². The van der Waals surface area contributed by atoms with Crippen LogP contribution in [0.4, 0.5) is 0 Å². The largest absolute Gasteiger partial charge is 0.391 e. The molecular formula is C18H36N2O2. The SMILES string of the molecule is COCCN(C)CCCC1CCN(C2CCCCC2O)CC1. The third-order valence-electron chi connectivity index (χ3n) is 5.64. The van der Waals surface area contributed by atoms with E-state index < -0.39 is 0 Å². The predicted molar refractivity (Wildman–Crippen MR) is 91.2 cm³/mol. The molecule has 1 N–H and O–H groups in total. The first kappa shape index (κ1) is 18.2. The fourth-order valence-corrected chi connectivity index (χ4v) is 4.10. The number of methoxy groups -OCH3 is 1. The summed E-state index contributed by atoms with van der Waals surface area (Å²) in [5.74, 6) is 0.896. The van der Waals surface area contributed by atoms with Crippen LogP contribution in [0, 0.1) is 5.92 Å². The topological polar surface area (TPSA) is 35.9 Å². The van der Waals surface area contributed by atoms with Gasteiger partial charge in [0.15, 0.2) is 0 Å². The molecule has 4 heteroatoms. The molecule has 1 saturated carbocycles. The number of hydrogen-bond acceptors (Lipinski definition) is 4. The molecule has 22 heavy (non-hydrogen) atoms. The Bertz CT molecular complexity index is 293. The summed E-state index contributed by atoms with van der Waals surface area (Å²) in [4.78, 5) is 4.95. The molecule has 2 rings (SSSR count). The maximum absolute atomic E-state index is 10.2. The lowest BCUT2D eigenvalue weighted by Gasteiger charge is -2.41. The first-order valence-electron chi connectivity index (χ1n) is 9.30. The van der Waals surface area contributed by atoms with Crippen molar-refractivity contribution in [1.82, 2.24) is 9.80 Å². The minimum absolute atomic E-state index is 0.0697. The lowest BCUT2D eigenvalue weighted by atomic mass is 9.87. The summed E-state index contributed by atoms with van der Waals surface area (Å²) in [7, 11) is 3.96. The van der Waals surface area contributed by atoms with Crippen molar-refractivity contribution in [3.05, 3.63) is 0 Å². The maximum Gasteiger partial charge on any atom is 0.0695 e. The highest BCUT2D eigenvalue weighted by Gasteiger charge is 2.31. The normalized spacial score (nSPS) is 28.4. The third-order valence-corrected chi connectivity index (χ3v) is 5.64. The number of piperidine rings is 1. The first-order valence-corrected chi connectivity index (χ1v) is 9.30. The molecule has 0 radical (unpaired) electrons. The van der Waals surface area contributed by atoms with Gasteiger partial charge in [0.25, 0.3) is 0 Å². The Balaban J connectivity index is 1.59. The third kappa shape index (κ3) is 5.80. The Morgan fingerprint density at radius 2 is 1.82 bits per heavy atom. The van der Waals surface area contributed by atoms with E-state index >= 15 is 0 Å². The fourth-order valence-electron chi connectivity index (χ4n) is 4.10. The Kier molecular flexibility index (Phi) is 8.15. The van der Waals surface area contributed by atoms with Gasteiger partial charge in [-0.1, -0.05) is 12.8 Å². The molecule has 0 aromatic carbocycles. The molecule has 1 saturated heterocycles. The Morgan fingerprint density at radius 1 is 1.09 bits per heavy atom. The highest BCUT2D eigenvalue weighted by molar-refractivity contribution is 4.86. The van der Waals surface area contributed by atoms with E-state index in [1.54, 1.807) is 7.11 Å². The molecule has 1 aliphatic carbocycles. The molecule has 0 amide bonds. The summed E-state index contributed by atoms with van der Waals surface area (Å²) >= 11 is 0. The van der Waals surface area contributed by atoms with E-state index in [2.05, 4.69) is 16.8 Å². The van der Waals surface area contributed by atoms with Gasteiger partial charge in [-0.15, -0.1) is 0 Å². The molecule has 130 valence electrons. The number of ether oxygens (including phenoxy) is 1. The second-order valence-corrected chi connectivity index (χ2v) is 7.34. The smallest absolute Gasteiger partial charge is 0.0695 e. The van der Waals surface area contributed by atoms with Gasteiger partial charge in [0.1, 0.15) is 0 Å². The van der Waals surface area contributed by atoms with Crippen molar-refractivity contribution in [3.8, 4) is 0 Å². The zero-order valence-corrected chi connectivity index (χ0v) is 14.7. The van der Waals surface area contributed by atoms with Gasteiger partial charge in [0, 0.05) is 19.7 Å². The Morgan fingerprint density at radius 3 is 2.50 bits per heavy atom. The van der Waals surface area contributed by atoms with Crippen LogP contribution in [0.15, 0.2) is 0 Å². The molecule has 4 nitrogen and oxygen atoms in total. The molecule has 2 unspecified atom stereocenters. The molecule has 2 aliphatic rings. The molecule has 1 aliphatic heterocycles. The lowest BCUT2D eigenvalue weighted by molar-refractivity contribution is 0.00316. The summed E-state index contributed by atoms with van der Waals surface area (Å²) in [5, 5.41) is 10.2. The van der Waals surface area contributed by atoms with Crippen LogP contribution < -0.4 is 0 Å². The molecular weight excluding hydrogens is 276 g/mol. The van der Waals surface area contributed by atoms with Crippen molar-refractivity contribution < 1.29 is 9.84 Å². The molecule has 0 bridgehead atoms. The number of aliphatic hydroxyl groups excluding tert-OH is 1. The minimum Gasteiger partial charge on any atom is -0.391 e. The molecule has 2 fully saturated rings. The maximum atomic E-state index is 10.2. The fraction of sp³-hybridized carbons (Fsp3) is 1.00. The number of likely N-dealkylation sites (tertiary alicyclic amines) is 1. The number of nitrogens with zero attached hydrogens (tertiary/aromatic N) is 2. The van der Waals surface area contributed by atoms with E-state index in [4.69, 9.17) is 4.74 Å². The second kappa shape index (κ2) is 9.86. The number of hydrogen-bond donors (Lipinski definition) is 1. The number of rotatable bonds is 8. The van der Waals surface area contributed by atoms with E-state index in [9.17, 15) is 5.11 Å². The predicted octanol–water partition coefficient (Wildman–Crippen LogP) is 2.36. The van der Waals surface area contributed by atoms with E-state index in [0.29, 0.717) is 6.04 Å². The van der Waals surface area contributed by atoms with Gasteiger partial charge in [0.05, 0.1) is 12.7 Å². The van der Waals surface area contributed by atoms with Crippen LogP contribution in [0.3, 0.4) is 0 Å². The average Bonchev–Trinajstić information content (AvgIpc) is 2.54. The molecule has 0 spiro atoms. The van der Waals surface area contributed by atoms with Crippen molar-refractivity contribution in [2.75, 3.05) is 46.9 Å². The Hall–Kier alpha value is -0.160. The zero-order valence-electron chi connectivity index (χ0n) is 14.7. The van der Waals surface area contributed by atoms with Crippen LogP contribution in [-0.4, -0.2) is 74.0 Å². The van der Waals surface area contributed by atoms with Crippen LogP contribution in [-0.2, 0) is 4.74 Å². The van der Waals surface area contributed by atoms with Gasteiger partial charge in [-0.2, -0.15) is 0 Å². The van der Waals surface area contributed by atoms with Crippen LogP contribution in [0.1, 0.15) is 51.4 Å². The van der Waals surface area contributed by atoms with Crippen LogP contribution in [0.25, 0.3) is 0 Å². The van der Waals surface area contributed by atoms with Crippen LogP contribution >= 0.6 is 0 Å².